The number of anilines is 4. The van der Waals surface area contributed by atoms with E-state index in [9.17, 15) is 14.7 Å². The number of amides is 2. The van der Waals surface area contributed by atoms with Gasteiger partial charge in [0, 0.05) is 74.4 Å². The van der Waals surface area contributed by atoms with Crippen molar-refractivity contribution in [1.29, 1.82) is 0 Å². The lowest BCUT2D eigenvalue weighted by Crippen LogP contribution is -2.59. The molecule has 0 radical (unpaired) electrons. The number of piperazine rings is 1. The maximum absolute atomic E-state index is 15.3. The second-order valence-corrected chi connectivity index (χ2v) is 13.3. The first-order valence-corrected chi connectivity index (χ1v) is 17.0. The van der Waals surface area contributed by atoms with Crippen molar-refractivity contribution in [2.75, 3.05) is 54.5 Å². The Balaban J connectivity index is 1.05. The molecule has 8 rings (SSSR count). The van der Waals surface area contributed by atoms with Gasteiger partial charge in [-0.2, -0.15) is 0 Å². The van der Waals surface area contributed by atoms with Gasteiger partial charge in [0.2, 0.25) is 0 Å². The summed E-state index contributed by atoms with van der Waals surface area (Å²) in [6, 6.07) is 9.04. The average Bonchev–Trinajstić information content (AvgIpc) is 3.67. The Morgan fingerprint density at radius 2 is 1.94 bits per heavy atom. The number of hydrogen-bond donors (Lipinski definition) is 3. The molecule has 0 aliphatic carbocycles. The maximum atomic E-state index is 15.3. The number of halogens is 1. The molecule has 2 saturated heterocycles. The van der Waals surface area contributed by atoms with Gasteiger partial charge in [0.05, 0.1) is 54.7 Å². The highest BCUT2D eigenvalue weighted by atomic mass is 19.1. The van der Waals surface area contributed by atoms with Gasteiger partial charge in [-0.15, -0.1) is 5.10 Å². The van der Waals surface area contributed by atoms with Gasteiger partial charge in [-0.3, -0.25) is 14.5 Å². The topological polar surface area (TPSA) is 147 Å². The number of primary amides is 1. The zero-order valence-corrected chi connectivity index (χ0v) is 27.4. The molecule has 4 N–H and O–H groups in total. The fourth-order valence-corrected chi connectivity index (χ4v) is 7.73. The van der Waals surface area contributed by atoms with E-state index in [0.29, 0.717) is 42.0 Å². The number of pyridine rings is 1. The van der Waals surface area contributed by atoms with E-state index in [1.54, 1.807) is 6.20 Å². The van der Waals surface area contributed by atoms with Crippen molar-refractivity contribution in [3.8, 4) is 5.69 Å². The number of aliphatic hydroxyl groups excluding tert-OH is 1. The molecule has 49 heavy (non-hydrogen) atoms. The number of aromatic nitrogens is 4. The zero-order chi connectivity index (χ0) is 33.8. The number of rotatable bonds is 8. The number of nitrogens with two attached hydrogens (primary N) is 1. The van der Waals surface area contributed by atoms with E-state index < -0.39 is 18.3 Å². The third-order valence-electron chi connectivity index (χ3n) is 10.4. The van der Waals surface area contributed by atoms with E-state index in [1.165, 1.54) is 27.9 Å². The first-order valence-electron chi connectivity index (χ1n) is 17.0. The zero-order valence-electron chi connectivity index (χ0n) is 27.4. The third-order valence-corrected chi connectivity index (χ3v) is 10.4. The second-order valence-electron chi connectivity index (χ2n) is 13.3. The number of ether oxygens (including phenoxy) is 1. The van der Waals surface area contributed by atoms with Crippen LogP contribution in [-0.4, -0.2) is 92.6 Å². The standard InChI is InChI=1S/C35H40FN9O4/c1-21-16-41(25-19-49-20-25)10-11-42(21)24-5-6-32(38-15-24)39-34-27(33(37)47)17-45(40-34)31-13-22(36)12-30(28(31)18-46)44-9-7-29-26(35(44)48)14-23-4-2-3-8-43(23)29/h5-6,12-15,17,21,25,46H,2-4,7-11,16,18-20H2,1H3,(H2,37,47)(H,38,39,40)/t21-/m0/s1. The summed E-state index contributed by atoms with van der Waals surface area (Å²) >= 11 is 0. The molecule has 0 bridgehead atoms. The molecule has 4 aliphatic rings. The second kappa shape index (κ2) is 12.6. The van der Waals surface area contributed by atoms with Crippen LogP contribution in [0.4, 0.5) is 27.4 Å². The van der Waals surface area contributed by atoms with Gasteiger partial charge < -0.3 is 35.3 Å². The van der Waals surface area contributed by atoms with Crippen LogP contribution in [0.5, 0.6) is 0 Å². The van der Waals surface area contributed by atoms with E-state index in [4.69, 9.17) is 10.5 Å². The molecule has 2 fully saturated rings. The Hall–Kier alpha value is -4.79. The number of fused-ring (bicyclic) bond motifs is 3. The molecule has 7 heterocycles. The molecule has 4 aromatic rings. The summed E-state index contributed by atoms with van der Waals surface area (Å²) in [5.41, 5.74) is 10.3. The van der Waals surface area contributed by atoms with E-state index in [1.807, 2.05) is 18.2 Å². The summed E-state index contributed by atoms with van der Waals surface area (Å²) in [4.78, 5) is 37.3. The summed E-state index contributed by atoms with van der Waals surface area (Å²) in [6.07, 6.45) is 6.90. The minimum absolute atomic E-state index is 0.0587. The summed E-state index contributed by atoms with van der Waals surface area (Å²) in [7, 11) is 0. The number of aryl methyl sites for hydroxylation is 1. The normalized spacial score (nSPS) is 19.8. The molecular formula is C35H40FN9O4. The van der Waals surface area contributed by atoms with Crippen molar-refractivity contribution in [3.63, 3.8) is 0 Å². The summed E-state index contributed by atoms with van der Waals surface area (Å²) < 4.78 is 24.2. The van der Waals surface area contributed by atoms with Crippen molar-refractivity contribution in [2.45, 2.75) is 57.8 Å². The molecule has 0 unspecified atom stereocenters. The van der Waals surface area contributed by atoms with Crippen LogP contribution >= 0.6 is 0 Å². The molecule has 1 atom stereocenters. The fraction of sp³-hybridized carbons (Fsp3) is 0.429. The molecule has 2 amide bonds. The lowest BCUT2D eigenvalue weighted by molar-refractivity contribution is -0.0691. The fourth-order valence-electron chi connectivity index (χ4n) is 7.73. The number of nitrogens with one attached hydrogen (secondary N) is 1. The molecular weight excluding hydrogens is 629 g/mol. The van der Waals surface area contributed by atoms with Crippen molar-refractivity contribution in [1.82, 2.24) is 24.2 Å². The van der Waals surface area contributed by atoms with Gasteiger partial charge in [0.1, 0.15) is 17.2 Å². The SMILES string of the molecule is C[C@H]1CN(C2COC2)CCN1c1ccc(Nc2nn(-c3cc(F)cc(N4CCc5c(cc6n5CCCC6)C4=O)c3CO)cc2C(N)=O)nc1. The molecule has 256 valence electrons. The number of hydrogen-bond acceptors (Lipinski definition) is 9. The van der Waals surface area contributed by atoms with Gasteiger partial charge in [-0.05, 0) is 50.5 Å². The molecule has 0 spiro atoms. The van der Waals surface area contributed by atoms with Crippen LogP contribution in [0.25, 0.3) is 5.69 Å². The van der Waals surface area contributed by atoms with E-state index in [2.05, 4.69) is 36.7 Å². The Labute approximate surface area is 283 Å². The summed E-state index contributed by atoms with van der Waals surface area (Å²) in [5.74, 6) is -1.01. The Kier molecular flexibility index (Phi) is 8.08. The van der Waals surface area contributed by atoms with Crippen LogP contribution in [0.15, 0.2) is 42.7 Å². The summed E-state index contributed by atoms with van der Waals surface area (Å²) in [6.45, 7) is 7.33. The highest BCUT2D eigenvalue weighted by Crippen LogP contribution is 2.35. The number of aliphatic hydroxyl groups is 1. The lowest BCUT2D eigenvalue weighted by atomic mass is 10.0. The predicted octanol–water partition coefficient (Wildman–Crippen LogP) is 2.99. The van der Waals surface area contributed by atoms with Crippen molar-refractivity contribution < 1.29 is 23.8 Å². The first-order chi connectivity index (χ1) is 23.8. The Morgan fingerprint density at radius 3 is 2.65 bits per heavy atom. The van der Waals surface area contributed by atoms with E-state index in [0.717, 1.165) is 75.7 Å². The third kappa shape index (κ3) is 5.63. The minimum atomic E-state index is -0.743. The van der Waals surface area contributed by atoms with Crippen LogP contribution in [0.3, 0.4) is 0 Å². The van der Waals surface area contributed by atoms with Crippen LogP contribution in [-0.2, 0) is 30.7 Å². The molecule has 14 heteroatoms. The first kappa shape index (κ1) is 31.5. The number of carbonyl (C=O) groups is 2. The van der Waals surface area contributed by atoms with Crippen molar-refractivity contribution in [3.05, 3.63) is 76.6 Å². The van der Waals surface area contributed by atoms with Crippen LogP contribution in [0.1, 0.15) is 57.4 Å². The highest BCUT2D eigenvalue weighted by Gasteiger charge is 2.34. The van der Waals surface area contributed by atoms with Gasteiger partial charge in [-0.1, -0.05) is 0 Å². The number of carbonyl (C=O) groups excluding carboxylic acids is 2. The van der Waals surface area contributed by atoms with Crippen LogP contribution in [0.2, 0.25) is 0 Å². The number of benzene rings is 1. The van der Waals surface area contributed by atoms with E-state index >= 15 is 4.39 Å². The van der Waals surface area contributed by atoms with Crippen LogP contribution in [0, 0.1) is 5.82 Å². The van der Waals surface area contributed by atoms with Crippen molar-refractivity contribution in [2.24, 2.45) is 5.73 Å². The quantitative estimate of drug-likeness (QED) is 0.258. The van der Waals surface area contributed by atoms with Crippen LogP contribution < -0.4 is 20.9 Å². The molecule has 4 aliphatic heterocycles. The highest BCUT2D eigenvalue weighted by molar-refractivity contribution is 6.09. The molecule has 1 aromatic carbocycles. The monoisotopic (exact) mass is 669 g/mol. The Morgan fingerprint density at radius 1 is 1.10 bits per heavy atom. The van der Waals surface area contributed by atoms with Gasteiger partial charge in [0.15, 0.2) is 5.82 Å². The molecule has 0 saturated carbocycles. The number of nitrogens with zero attached hydrogens (tertiary/aromatic N) is 7. The molecule has 13 nitrogen and oxygen atoms in total. The largest absolute Gasteiger partial charge is 0.392 e. The van der Waals surface area contributed by atoms with Gasteiger partial charge in [-0.25, -0.2) is 14.1 Å². The van der Waals surface area contributed by atoms with Gasteiger partial charge >= 0.3 is 0 Å². The average molecular weight is 670 g/mol. The van der Waals surface area contributed by atoms with Gasteiger partial charge in [0.25, 0.3) is 11.8 Å². The van der Waals surface area contributed by atoms with Crippen molar-refractivity contribution >= 4 is 34.8 Å². The molecule has 3 aromatic heterocycles. The maximum Gasteiger partial charge on any atom is 0.260 e. The summed E-state index contributed by atoms with van der Waals surface area (Å²) in [5, 5.41) is 18.2. The Bertz CT molecular complexity index is 1920. The lowest BCUT2D eigenvalue weighted by Gasteiger charge is -2.46. The smallest absolute Gasteiger partial charge is 0.260 e. The van der Waals surface area contributed by atoms with E-state index in [-0.39, 0.29) is 28.7 Å². The predicted molar refractivity (Wildman–Crippen MR) is 181 cm³/mol. The minimum Gasteiger partial charge on any atom is -0.392 e.